The maximum absolute atomic E-state index is 13.1. The molecule has 1 saturated carbocycles. The van der Waals surface area contributed by atoms with Gasteiger partial charge in [0.15, 0.2) is 0 Å². The number of amides is 1. The van der Waals surface area contributed by atoms with Gasteiger partial charge in [-0.05, 0) is 42.5 Å². The van der Waals surface area contributed by atoms with E-state index in [2.05, 4.69) is 5.32 Å². The van der Waals surface area contributed by atoms with Crippen LogP contribution in [0.25, 0.3) is 0 Å². The zero-order chi connectivity index (χ0) is 15.4. The van der Waals surface area contributed by atoms with Crippen molar-refractivity contribution in [1.29, 1.82) is 0 Å². The SMILES string of the molecule is O=C(NC1(c2ccc(F)cc2)CCC1)OCc1ccccc1. The van der Waals surface area contributed by atoms with Gasteiger partial charge < -0.3 is 10.1 Å². The molecule has 114 valence electrons. The molecule has 0 aliphatic heterocycles. The van der Waals surface area contributed by atoms with Crippen molar-refractivity contribution in [2.24, 2.45) is 0 Å². The van der Waals surface area contributed by atoms with Crippen molar-refractivity contribution in [3.8, 4) is 0 Å². The molecule has 0 radical (unpaired) electrons. The fourth-order valence-electron chi connectivity index (χ4n) is 2.74. The number of carbonyl (C=O) groups excluding carboxylic acids is 1. The second kappa shape index (κ2) is 6.18. The second-order valence-electron chi connectivity index (χ2n) is 5.63. The van der Waals surface area contributed by atoms with Gasteiger partial charge in [0.1, 0.15) is 12.4 Å². The van der Waals surface area contributed by atoms with Crippen molar-refractivity contribution in [3.63, 3.8) is 0 Å². The van der Waals surface area contributed by atoms with Crippen LogP contribution in [-0.4, -0.2) is 6.09 Å². The van der Waals surface area contributed by atoms with Crippen molar-refractivity contribution < 1.29 is 13.9 Å². The van der Waals surface area contributed by atoms with Crippen LogP contribution >= 0.6 is 0 Å². The van der Waals surface area contributed by atoms with E-state index in [-0.39, 0.29) is 12.4 Å². The minimum absolute atomic E-state index is 0.242. The summed E-state index contributed by atoms with van der Waals surface area (Å²) in [4.78, 5) is 12.1. The molecule has 0 heterocycles. The highest BCUT2D eigenvalue weighted by molar-refractivity contribution is 5.69. The standard InChI is InChI=1S/C18H18FNO2/c19-16-9-7-15(8-10-16)18(11-4-12-18)20-17(21)22-13-14-5-2-1-3-6-14/h1-3,5-10H,4,11-13H2,(H,20,21). The highest BCUT2D eigenvalue weighted by Crippen LogP contribution is 2.41. The van der Waals surface area contributed by atoms with E-state index in [4.69, 9.17) is 4.74 Å². The van der Waals surface area contributed by atoms with Gasteiger partial charge >= 0.3 is 6.09 Å². The third-order valence-corrected chi connectivity index (χ3v) is 4.16. The van der Waals surface area contributed by atoms with Crippen LogP contribution < -0.4 is 5.32 Å². The molecule has 1 aliphatic rings. The Balaban J connectivity index is 1.62. The maximum Gasteiger partial charge on any atom is 0.408 e. The molecule has 1 N–H and O–H groups in total. The first kappa shape index (κ1) is 14.6. The van der Waals surface area contributed by atoms with Gasteiger partial charge in [0.2, 0.25) is 0 Å². The van der Waals surface area contributed by atoms with E-state index in [0.29, 0.717) is 0 Å². The molecule has 0 spiro atoms. The molecule has 3 nitrogen and oxygen atoms in total. The number of alkyl carbamates (subject to hydrolysis) is 1. The van der Waals surface area contributed by atoms with Crippen LogP contribution in [0, 0.1) is 5.82 Å². The molecule has 2 aromatic rings. The lowest BCUT2D eigenvalue weighted by Crippen LogP contribution is -2.50. The van der Waals surface area contributed by atoms with Crippen LogP contribution in [0.1, 0.15) is 30.4 Å². The summed E-state index contributed by atoms with van der Waals surface area (Å²) in [6.07, 6.45) is 2.29. The van der Waals surface area contributed by atoms with Gasteiger partial charge in [-0.25, -0.2) is 9.18 Å². The molecule has 0 atom stereocenters. The maximum atomic E-state index is 13.1. The highest BCUT2D eigenvalue weighted by atomic mass is 19.1. The van der Waals surface area contributed by atoms with Crippen LogP contribution in [-0.2, 0) is 16.9 Å². The Morgan fingerprint density at radius 2 is 1.77 bits per heavy atom. The Hall–Kier alpha value is -2.36. The molecule has 0 aromatic heterocycles. The number of nitrogens with one attached hydrogen (secondary N) is 1. The predicted octanol–water partition coefficient (Wildman–Crippen LogP) is 4.13. The summed E-state index contributed by atoms with van der Waals surface area (Å²) in [5.41, 5.74) is 1.46. The lowest BCUT2D eigenvalue weighted by molar-refractivity contribution is 0.106. The second-order valence-corrected chi connectivity index (χ2v) is 5.63. The summed E-state index contributed by atoms with van der Waals surface area (Å²) in [6.45, 7) is 0.242. The van der Waals surface area contributed by atoms with Gasteiger partial charge in [0.25, 0.3) is 0 Å². The van der Waals surface area contributed by atoms with Crippen molar-refractivity contribution in [2.75, 3.05) is 0 Å². The molecule has 2 aromatic carbocycles. The molecule has 0 bridgehead atoms. The van der Waals surface area contributed by atoms with Gasteiger partial charge in [-0.3, -0.25) is 0 Å². The van der Waals surface area contributed by atoms with Crippen LogP contribution in [0.4, 0.5) is 9.18 Å². The van der Waals surface area contributed by atoms with Gasteiger partial charge in [-0.2, -0.15) is 0 Å². The summed E-state index contributed by atoms with van der Waals surface area (Å²) in [6, 6.07) is 15.8. The van der Waals surface area contributed by atoms with E-state index in [1.54, 1.807) is 12.1 Å². The lowest BCUT2D eigenvalue weighted by atomic mass is 9.72. The largest absolute Gasteiger partial charge is 0.445 e. The zero-order valence-corrected chi connectivity index (χ0v) is 12.2. The minimum Gasteiger partial charge on any atom is -0.445 e. The lowest BCUT2D eigenvalue weighted by Gasteiger charge is -2.42. The van der Waals surface area contributed by atoms with Crippen molar-refractivity contribution in [3.05, 3.63) is 71.5 Å². The van der Waals surface area contributed by atoms with E-state index in [1.807, 2.05) is 30.3 Å². The summed E-state index contributed by atoms with van der Waals surface area (Å²) in [7, 11) is 0. The highest BCUT2D eigenvalue weighted by Gasteiger charge is 2.40. The molecule has 1 aliphatic carbocycles. The average Bonchev–Trinajstić information content (AvgIpc) is 2.51. The van der Waals surface area contributed by atoms with E-state index in [0.717, 1.165) is 30.4 Å². The Labute approximate surface area is 129 Å². The smallest absolute Gasteiger partial charge is 0.408 e. The van der Waals surface area contributed by atoms with Crippen molar-refractivity contribution in [1.82, 2.24) is 5.32 Å². The van der Waals surface area contributed by atoms with Crippen LogP contribution in [0.15, 0.2) is 54.6 Å². The first-order valence-corrected chi connectivity index (χ1v) is 7.43. The summed E-state index contributed by atoms with van der Waals surface area (Å²) in [5, 5.41) is 2.95. The molecule has 22 heavy (non-hydrogen) atoms. The Bertz CT molecular complexity index is 636. The van der Waals surface area contributed by atoms with Gasteiger partial charge in [0.05, 0.1) is 5.54 Å². The molecular weight excluding hydrogens is 281 g/mol. The number of rotatable bonds is 4. The first-order chi connectivity index (χ1) is 10.7. The van der Waals surface area contributed by atoms with Crippen LogP contribution in [0.3, 0.4) is 0 Å². The van der Waals surface area contributed by atoms with Crippen LogP contribution in [0.5, 0.6) is 0 Å². The van der Waals surface area contributed by atoms with Crippen molar-refractivity contribution >= 4 is 6.09 Å². The van der Waals surface area contributed by atoms with E-state index in [1.165, 1.54) is 12.1 Å². The molecule has 1 amide bonds. The monoisotopic (exact) mass is 299 g/mol. The predicted molar refractivity (Wildman–Crippen MR) is 81.7 cm³/mol. The number of benzene rings is 2. The summed E-state index contributed by atoms with van der Waals surface area (Å²) in [5.74, 6) is -0.273. The first-order valence-electron chi connectivity index (χ1n) is 7.43. The van der Waals surface area contributed by atoms with E-state index >= 15 is 0 Å². The third kappa shape index (κ3) is 3.11. The number of hydrogen-bond acceptors (Lipinski definition) is 2. The zero-order valence-electron chi connectivity index (χ0n) is 12.2. The van der Waals surface area contributed by atoms with Crippen molar-refractivity contribution in [2.45, 2.75) is 31.4 Å². The number of ether oxygens (including phenoxy) is 1. The molecule has 1 fully saturated rings. The van der Waals surface area contributed by atoms with Gasteiger partial charge in [-0.15, -0.1) is 0 Å². The number of hydrogen-bond donors (Lipinski definition) is 1. The number of halogens is 1. The van der Waals surface area contributed by atoms with Crippen LogP contribution in [0.2, 0.25) is 0 Å². The molecule has 0 unspecified atom stereocenters. The quantitative estimate of drug-likeness (QED) is 0.921. The molecule has 3 rings (SSSR count). The fraction of sp³-hybridized carbons (Fsp3) is 0.278. The van der Waals surface area contributed by atoms with E-state index in [9.17, 15) is 9.18 Å². The normalized spacial score (nSPS) is 15.7. The van der Waals surface area contributed by atoms with Gasteiger partial charge in [0, 0.05) is 0 Å². The Morgan fingerprint density at radius 1 is 1.09 bits per heavy atom. The summed E-state index contributed by atoms with van der Waals surface area (Å²) >= 11 is 0. The minimum atomic E-state index is -0.437. The molecular formula is C18H18FNO2. The molecule has 0 saturated heterocycles. The third-order valence-electron chi connectivity index (χ3n) is 4.16. The summed E-state index contributed by atoms with van der Waals surface area (Å²) < 4.78 is 18.3. The Morgan fingerprint density at radius 3 is 2.36 bits per heavy atom. The van der Waals surface area contributed by atoms with E-state index < -0.39 is 11.6 Å². The molecule has 4 heteroatoms. The average molecular weight is 299 g/mol. The Kier molecular flexibility index (Phi) is 4.09. The number of carbonyl (C=O) groups is 1. The van der Waals surface area contributed by atoms with Gasteiger partial charge in [-0.1, -0.05) is 42.5 Å². The fourth-order valence-corrected chi connectivity index (χ4v) is 2.74. The topological polar surface area (TPSA) is 38.3 Å².